The second kappa shape index (κ2) is 7.28. The molecule has 4 rings (SSSR count). The summed E-state index contributed by atoms with van der Waals surface area (Å²) in [4.78, 5) is 14.7. The monoisotopic (exact) mass is 336 g/mol. The van der Waals surface area contributed by atoms with Gasteiger partial charge in [-0.3, -0.25) is 9.69 Å². The van der Waals surface area contributed by atoms with Crippen molar-refractivity contribution in [1.82, 2.24) is 10.2 Å². The summed E-state index contributed by atoms with van der Waals surface area (Å²) in [5, 5.41) is 3.15. The number of piperidine rings is 1. The SMILES string of the molecule is O=C(/C=C/c1ccco1)N[C@@H]1CCCN(C2Cc3ccccc3C2)C1. The summed E-state index contributed by atoms with van der Waals surface area (Å²) in [6.07, 6.45) is 9.34. The van der Waals surface area contributed by atoms with Crippen molar-refractivity contribution in [3.05, 3.63) is 65.6 Å². The zero-order valence-corrected chi connectivity index (χ0v) is 14.4. The smallest absolute Gasteiger partial charge is 0.244 e. The minimum Gasteiger partial charge on any atom is -0.465 e. The first-order valence-electron chi connectivity index (χ1n) is 9.11. The van der Waals surface area contributed by atoms with E-state index in [0.717, 1.165) is 38.8 Å². The van der Waals surface area contributed by atoms with Gasteiger partial charge in [-0.15, -0.1) is 0 Å². The second-order valence-electron chi connectivity index (χ2n) is 7.02. The molecule has 0 saturated carbocycles. The maximum atomic E-state index is 12.2. The van der Waals surface area contributed by atoms with Gasteiger partial charge in [-0.25, -0.2) is 0 Å². The molecule has 0 spiro atoms. The highest BCUT2D eigenvalue weighted by atomic mass is 16.3. The molecule has 0 radical (unpaired) electrons. The Bertz CT molecular complexity index is 726. The van der Waals surface area contributed by atoms with E-state index >= 15 is 0 Å². The predicted octanol–water partition coefficient (Wildman–Crippen LogP) is 3.04. The molecule has 1 aliphatic carbocycles. The highest BCUT2D eigenvalue weighted by Crippen LogP contribution is 2.27. The minimum atomic E-state index is -0.0436. The number of nitrogens with one attached hydrogen (secondary N) is 1. The van der Waals surface area contributed by atoms with Crippen molar-refractivity contribution >= 4 is 12.0 Å². The Morgan fingerprint density at radius 3 is 2.68 bits per heavy atom. The molecule has 1 aromatic carbocycles. The van der Waals surface area contributed by atoms with Crippen LogP contribution in [0.2, 0.25) is 0 Å². The molecule has 130 valence electrons. The zero-order chi connectivity index (χ0) is 17.1. The lowest BCUT2D eigenvalue weighted by molar-refractivity contribution is -0.117. The van der Waals surface area contributed by atoms with Gasteiger partial charge in [0, 0.05) is 24.7 Å². The Balaban J connectivity index is 1.32. The van der Waals surface area contributed by atoms with Gasteiger partial charge in [-0.05, 0) is 61.6 Å². The van der Waals surface area contributed by atoms with Crippen LogP contribution in [0.5, 0.6) is 0 Å². The lowest BCUT2D eigenvalue weighted by Crippen LogP contribution is -2.51. The summed E-state index contributed by atoms with van der Waals surface area (Å²) < 4.78 is 5.21. The average molecular weight is 336 g/mol. The largest absolute Gasteiger partial charge is 0.465 e. The lowest BCUT2D eigenvalue weighted by atomic mass is 10.0. The van der Waals surface area contributed by atoms with E-state index in [9.17, 15) is 4.79 Å². The van der Waals surface area contributed by atoms with Gasteiger partial charge < -0.3 is 9.73 Å². The number of likely N-dealkylation sites (tertiary alicyclic amines) is 1. The molecule has 1 N–H and O–H groups in total. The molecule has 1 aromatic heterocycles. The minimum absolute atomic E-state index is 0.0436. The Morgan fingerprint density at radius 1 is 1.16 bits per heavy atom. The number of nitrogens with zero attached hydrogens (tertiary/aromatic N) is 1. The molecule has 1 atom stereocenters. The fraction of sp³-hybridized carbons (Fsp3) is 0.381. The zero-order valence-electron chi connectivity index (χ0n) is 14.4. The molecule has 1 saturated heterocycles. The van der Waals surface area contributed by atoms with E-state index in [1.165, 1.54) is 11.1 Å². The van der Waals surface area contributed by atoms with Crippen LogP contribution >= 0.6 is 0 Å². The summed E-state index contributed by atoms with van der Waals surface area (Å²) in [5.74, 6) is 0.655. The van der Waals surface area contributed by atoms with Crippen molar-refractivity contribution in [2.45, 2.75) is 37.8 Å². The van der Waals surface area contributed by atoms with Crippen LogP contribution in [-0.4, -0.2) is 36.0 Å². The first-order chi connectivity index (χ1) is 12.3. The highest BCUT2D eigenvalue weighted by Gasteiger charge is 2.30. The fourth-order valence-corrected chi connectivity index (χ4v) is 4.04. The van der Waals surface area contributed by atoms with Crippen molar-refractivity contribution in [1.29, 1.82) is 0 Å². The molecular formula is C21H24N2O2. The van der Waals surface area contributed by atoms with Gasteiger partial charge in [0.1, 0.15) is 5.76 Å². The van der Waals surface area contributed by atoms with Gasteiger partial charge >= 0.3 is 0 Å². The van der Waals surface area contributed by atoms with E-state index in [1.807, 2.05) is 12.1 Å². The Hall–Kier alpha value is -2.33. The van der Waals surface area contributed by atoms with Crippen molar-refractivity contribution in [3.8, 4) is 0 Å². The molecule has 1 fully saturated rings. The number of hydrogen-bond donors (Lipinski definition) is 1. The number of fused-ring (bicyclic) bond motifs is 1. The third-order valence-corrected chi connectivity index (χ3v) is 5.29. The molecule has 2 aromatic rings. The maximum Gasteiger partial charge on any atom is 0.244 e. The third kappa shape index (κ3) is 3.85. The third-order valence-electron chi connectivity index (χ3n) is 5.29. The maximum absolute atomic E-state index is 12.2. The average Bonchev–Trinajstić information content (AvgIpc) is 3.29. The second-order valence-corrected chi connectivity index (χ2v) is 7.02. The van der Waals surface area contributed by atoms with E-state index < -0.39 is 0 Å². The van der Waals surface area contributed by atoms with Crippen LogP contribution in [0.4, 0.5) is 0 Å². The molecule has 1 amide bonds. The number of carbonyl (C=O) groups excluding carboxylic acids is 1. The molecule has 4 heteroatoms. The van der Waals surface area contributed by atoms with E-state index in [1.54, 1.807) is 18.4 Å². The van der Waals surface area contributed by atoms with Crippen molar-refractivity contribution < 1.29 is 9.21 Å². The van der Waals surface area contributed by atoms with Gasteiger partial charge in [-0.1, -0.05) is 24.3 Å². The predicted molar refractivity (Wildman–Crippen MR) is 98.1 cm³/mol. The normalized spacial score (nSPS) is 21.5. The van der Waals surface area contributed by atoms with Crippen LogP contribution in [0.3, 0.4) is 0 Å². The Morgan fingerprint density at radius 2 is 1.96 bits per heavy atom. The Labute approximate surface area is 148 Å². The molecule has 2 heterocycles. The lowest BCUT2D eigenvalue weighted by Gasteiger charge is -2.37. The van der Waals surface area contributed by atoms with E-state index in [-0.39, 0.29) is 11.9 Å². The summed E-state index contributed by atoms with van der Waals surface area (Å²) in [7, 11) is 0. The van der Waals surface area contributed by atoms with Crippen LogP contribution in [0.25, 0.3) is 6.08 Å². The molecule has 0 unspecified atom stereocenters. The van der Waals surface area contributed by atoms with Gasteiger partial charge in [0.15, 0.2) is 0 Å². The summed E-state index contributed by atoms with van der Waals surface area (Å²) in [5.41, 5.74) is 2.97. The summed E-state index contributed by atoms with van der Waals surface area (Å²) in [6, 6.07) is 13.2. The van der Waals surface area contributed by atoms with Crippen LogP contribution in [-0.2, 0) is 17.6 Å². The quantitative estimate of drug-likeness (QED) is 0.873. The first kappa shape index (κ1) is 16.2. The molecule has 4 nitrogen and oxygen atoms in total. The molecule has 2 aliphatic rings. The van der Waals surface area contributed by atoms with Crippen molar-refractivity contribution in [2.75, 3.05) is 13.1 Å². The number of hydrogen-bond acceptors (Lipinski definition) is 3. The summed E-state index contributed by atoms with van der Waals surface area (Å²) >= 11 is 0. The van der Waals surface area contributed by atoms with Crippen LogP contribution in [0, 0.1) is 0 Å². The number of rotatable bonds is 4. The standard InChI is InChI=1S/C21H24N2O2/c24-21(10-9-20-8-4-12-25-20)22-18-7-3-11-23(15-18)19-13-16-5-1-2-6-17(16)14-19/h1-2,4-6,8-10,12,18-19H,3,7,11,13-15H2,(H,22,24)/b10-9+/t18-/m1/s1. The Kier molecular flexibility index (Phi) is 4.70. The van der Waals surface area contributed by atoms with Crippen LogP contribution in [0.1, 0.15) is 29.7 Å². The molecule has 1 aliphatic heterocycles. The highest BCUT2D eigenvalue weighted by molar-refractivity contribution is 5.91. The van der Waals surface area contributed by atoms with Crippen molar-refractivity contribution in [2.24, 2.45) is 0 Å². The fourth-order valence-electron chi connectivity index (χ4n) is 4.04. The number of furan rings is 1. The molecule has 25 heavy (non-hydrogen) atoms. The molecule has 0 bridgehead atoms. The first-order valence-corrected chi connectivity index (χ1v) is 9.11. The van der Waals surface area contributed by atoms with E-state index in [2.05, 4.69) is 34.5 Å². The van der Waals surface area contributed by atoms with Crippen molar-refractivity contribution in [3.63, 3.8) is 0 Å². The topological polar surface area (TPSA) is 45.5 Å². The molecular weight excluding hydrogens is 312 g/mol. The van der Waals surface area contributed by atoms with Crippen LogP contribution in [0.15, 0.2) is 53.2 Å². The summed E-state index contributed by atoms with van der Waals surface area (Å²) in [6.45, 7) is 2.08. The number of carbonyl (C=O) groups is 1. The number of amides is 1. The van der Waals surface area contributed by atoms with E-state index in [0.29, 0.717) is 11.8 Å². The van der Waals surface area contributed by atoms with Gasteiger partial charge in [0.2, 0.25) is 5.91 Å². The van der Waals surface area contributed by atoms with Gasteiger partial charge in [0.05, 0.1) is 6.26 Å². The van der Waals surface area contributed by atoms with Crippen LogP contribution < -0.4 is 5.32 Å². The van der Waals surface area contributed by atoms with E-state index in [4.69, 9.17) is 4.42 Å². The van der Waals surface area contributed by atoms with Gasteiger partial charge in [-0.2, -0.15) is 0 Å². The van der Waals surface area contributed by atoms with Gasteiger partial charge in [0.25, 0.3) is 0 Å². The number of benzene rings is 1.